The van der Waals surface area contributed by atoms with Gasteiger partial charge in [-0.25, -0.2) is 9.97 Å². The molecule has 106 valence electrons. The van der Waals surface area contributed by atoms with Gasteiger partial charge in [0.15, 0.2) is 0 Å². The first kappa shape index (κ1) is 14.3. The van der Waals surface area contributed by atoms with Gasteiger partial charge in [0.25, 0.3) is 0 Å². The third kappa shape index (κ3) is 3.07. The Morgan fingerprint density at radius 1 is 0.950 bits per heavy atom. The fraction of sp³-hybridized carbons (Fsp3) is 0.375. The molecule has 4 nitrogen and oxygen atoms in total. The van der Waals surface area contributed by atoms with Crippen molar-refractivity contribution in [3.63, 3.8) is 0 Å². The lowest BCUT2D eigenvalue weighted by Crippen LogP contribution is -2.18. The molecule has 1 aromatic heterocycles. The maximum Gasteiger partial charge on any atom is 0.139 e. The monoisotopic (exact) mass is 270 g/mol. The molecule has 2 N–H and O–H groups in total. The second-order valence-corrected chi connectivity index (χ2v) is 5.86. The zero-order chi connectivity index (χ0) is 14.8. The largest absolute Gasteiger partial charge is 0.373 e. The summed E-state index contributed by atoms with van der Waals surface area (Å²) in [5, 5.41) is 6.51. The Kier molecular flexibility index (Phi) is 3.93. The molecule has 0 aliphatic rings. The molecule has 0 aliphatic heterocycles. The van der Waals surface area contributed by atoms with E-state index in [-0.39, 0.29) is 5.41 Å². The van der Waals surface area contributed by atoms with Crippen molar-refractivity contribution in [2.45, 2.75) is 33.1 Å². The van der Waals surface area contributed by atoms with Crippen molar-refractivity contribution in [1.29, 1.82) is 0 Å². The summed E-state index contributed by atoms with van der Waals surface area (Å²) in [4.78, 5) is 9.29. The van der Waals surface area contributed by atoms with Crippen LogP contribution < -0.4 is 10.6 Å². The predicted molar refractivity (Wildman–Crippen MR) is 84.7 cm³/mol. The molecule has 0 amide bonds. The van der Waals surface area contributed by atoms with Gasteiger partial charge in [0, 0.05) is 23.7 Å². The molecular weight excluding hydrogens is 248 g/mol. The van der Waals surface area contributed by atoms with Crippen LogP contribution in [0.2, 0.25) is 0 Å². The molecule has 20 heavy (non-hydrogen) atoms. The van der Waals surface area contributed by atoms with Gasteiger partial charge in [0.1, 0.15) is 17.5 Å². The highest BCUT2D eigenvalue weighted by atomic mass is 15.1. The zero-order valence-electron chi connectivity index (χ0n) is 12.8. The normalized spacial score (nSPS) is 11.2. The summed E-state index contributed by atoms with van der Waals surface area (Å²) in [6.07, 6.45) is 0. The first-order valence-corrected chi connectivity index (χ1v) is 6.81. The molecule has 0 radical (unpaired) electrons. The van der Waals surface area contributed by atoms with E-state index in [2.05, 4.69) is 41.4 Å². The van der Waals surface area contributed by atoms with Crippen LogP contribution in [0, 0.1) is 6.92 Å². The van der Waals surface area contributed by atoms with Crippen molar-refractivity contribution < 1.29 is 0 Å². The number of nitrogens with one attached hydrogen (secondary N) is 2. The fourth-order valence-corrected chi connectivity index (χ4v) is 1.88. The highest BCUT2D eigenvalue weighted by Gasteiger charge is 2.20. The van der Waals surface area contributed by atoms with Gasteiger partial charge in [0.05, 0.1) is 0 Å². The minimum Gasteiger partial charge on any atom is -0.373 e. The maximum atomic E-state index is 4.69. The molecule has 0 unspecified atom stereocenters. The van der Waals surface area contributed by atoms with E-state index >= 15 is 0 Å². The Labute approximate surface area is 120 Å². The lowest BCUT2D eigenvalue weighted by atomic mass is 9.95. The highest BCUT2D eigenvalue weighted by molar-refractivity contribution is 5.64. The third-order valence-corrected chi connectivity index (χ3v) is 3.09. The Morgan fingerprint density at radius 3 is 2.10 bits per heavy atom. The van der Waals surface area contributed by atoms with Gasteiger partial charge in [-0.2, -0.15) is 0 Å². The van der Waals surface area contributed by atoms with E-state index in [1.54, 1.807) is 0 Å². The van der Waals surface area contributed by atoms with Crippen LogP contribution in [0.1, 0.15) is 32.2 Å². The van der Waals surface area contributed by atoms with Crippen molar-refractivity contribution in [1.82, 2.24) is 9.97 Å². The van der Waals surface area contributed by atoms with Crippen LogP contribution in [-0.2, 0) is 5.41 Å². The molecule has 2 rings (SSSR count). The fourth-order valence-electron chi connectivity index (χ4n) is 1.88. The van der Waals surface area contributed by atoms with Crippen LogP contribution in [-0.4, -0.2) is 17.0 Å². The quantitative estimate of drug-likeness (QED) is 0.889. The van der Waals surface area contributed by atoms with E-state index in [0.29, 0.717) is 0 Å². The van der Waals surface area contributed by atoms with Crippen molar-refractivity contribution >= 4 is 17.3 Å². The lowest BCUT2D eigenvalue weighted by Gasteiger charge is -2.20. The molecule has 0 spiro atoms. The molecule has 0 fully saturated rings. The van der Waals surface area contributed by atoms with Gasteiger partial charge >= 0.3 is 0 Å². The van der Waals surface area contributed by atoms with Gasteiger partial charge in [-0.15, -0.1) is 0 Å². The molecule has 0 aliphatic carbocycles. The van der Waals surface area contributed by atoms with Crippen molar-refractivity contribution in [2.24, 2.45) is 0 Å². The predicted octanol–water partition coefficient (Wildman–Crippen LogP) is 3.87. The number of para-hydroxylation sites is 1. The van der Waals surface area contributed by atoms with Gasteiger partial charge in [0.2, 0.25) is 0 Å². The van der Waals surface area contributed by atoms with E-state index in [0.717, 1.165) is 28.7 Å². The second kappa shape index (κ2) is 5.49. The maximum absolute atomic E-state index is 4.69. The summed E-state index contributed by atoms with van der Waals surface area (Å²) in [6, 6.07) is 10.1. The van der Waals surface area contributed by atoms with E-state index in [1.807, 2.05) is 44.3 Å². The Balaban J connectivity index is 2.46. The number of rotatable bonds is 3. The van der Waals surface area contributed by atoms with Gasteiger partial charge in [-0.3, -0.25) is 0 Å². The number of nitrogens with zero attached hydrogens (tertiary/aromatic N) is 2. The number of benzene rings is 1. The molecule has 0 atom stereocenters. The number of aromatic nitrogens is 2. The Hall–Kier alpha value is -2.10. The van der Waals surface area contributed by atoms with Gasteiger partial charge < -0.3 is 10.6 Å². The van der Waals surface area contributed by atoms with E-state index < -0.39 is 0 Å². The highest BCUT2D eigenvalue weighted by Crippen LogP contribution is 2.27. The van der Waals surface area contributed by atoms with Crippen LogP contribution in [0.4, 0.5) is 17.3 Å². The smallest absolute Gasteiger partial charge is 0.139 e. The van der Waals surface area contributed by atoms with E-state index in [4.69, 9.17) is 0 Å². The summed E-state index contributed by atoms with van der Waals surface area (Å²) < 4.78 is 0. The number of anilines is 3. The Bertz CT molecular complexity index is 585. The first-order chi connectivity index (χ1) is 9.41. The van der Waals surface area contributed by atoms with Crippen molar-refractivity contribution in [3.8, 4) is 0 Å². The van der Waals surface area contributed by atoms with Crippen LogP contribution >= 0.6 is 0 Å². The average molecular weight is 270 g/mol. The SMILES string of the molecule is CNc1nc(C(C)(C)C)nc(Nc2ccccc2)c1C. The van der Waals surface area contributed by atoms with Crippen LogP contribution in [0.5, 0.6) is 0 Å². The van der Waals surface area contributed by atoms with Crippen LogP contribution in [0.3, 0.4) is 0 Å². The number of hydrogen-bond donors (Lipinski definition) is 2. The third-order valence-electron chi connectivity index (χ3n) is 3.09. The average Bonchev–Trinajstić information content (AvgIpc) is 2.41. The molecular formula is C16H22N4. The van der Waals surface area contributed by atoms with Crippen LogP contribution in [0.15, 0.2) is 30.3 Å². The lowest BCUT2D eigenvalue weighted by molar-refractivity contribution is 0.546. The molecule has 2 aromatic rings. The number of hydrogen-bond acceptors (Lipinski definition) is 4. The summed E-state index contributed by atoms with van der Waals surface area (Å²) in [7, 11) is 1.88. The summed E-state index contributed by atoms with van der Waals surface area (Å²) in [6.45, 7) is 8.36. The Morgan fingerprint density at radius 2 is 1.55 bits per heavy atom. The van der Waals surface area contributed by atoms with Crippen LogP contribution in [0.25, 0.3) is 0 Å². The molecule has 0 bridgehead atoms. The second-order valence-electron chi connectivity index (χ2n) is 5.86. The standard InChI is InChI=1S/C16H22N4/c1-11-13(17-5)19-15(16(2,3)4)20-14(11)18-12-9-7-6-8-10-12/h6-10H,1-5H3,(H2,17,18,19,20). The minimum atomic E-state index is -0.0909. The van der Waals surface area contributed by atoms with Gasteiger partial charge in [-0.05, 0) is 19.1 Å². The molecule has 1 heterocycles. The van der Waals surface area contributed by atoms with Crippen molar-refractivity contribution in [3.05, 3.63) is 41.7 Å². The summed E-state index contributed by atoms with van der Waals surface area (Å²) in [5.74, 6) is 2.54. The topological polar surface area (TPSA) is 49.8 Å². The molecule has 1 aromatic carbocycles. The first-order valence-electron chi connectivity index (χ1n) is 6.81. The van der Waals surface area contributed by atoms with Gasteiger partial charge in [-0.1, -0.05) is 39.0 Å². The van der Waals surface area contributed by atoms with E-state index in [9.17, 15) is 0 Å². The van der Waals surface area contributed by atoms with Crippen molar-refractivity contribution in [2.75, 3.05) is 17.7 Å². The molecule has 0 saturated carbocycles. The summed E-state index contributed by atoms with van der Waals surface area (Å²) >= 11 is 0. The molecule has 0 saturated heterocycles. The summed E-state index contributed by atoms with van der Waals surface area (Å²) in [5.41, 5.74) is 1.95. The zero-order valence-corrected chi connectivity index (χ0v) is 12.8. The molecule has 4 heteroatoms. The van der Waals surface area contributed by atoms with E-state index in [1.165, 1.54) is 0 Å². The minimum absolute atomic E-state index is 0.0909.